The van der Waals surface area contributed by atoms with E-state index >= 15 is 0 Å². The van der Waals surface area contributed by atoms with Gasteiger partial charge in [-0.1, -0.05) is 57.0 Å². The van der Waals surface area contributed by atoms with Crippen LogP contribution in [0.2, 0.25) is 0 Å². The molecule has 2 N–H and O–H groups in total. The number of hydrogen-bond acceptors (Lipinski definition) is 3. The summed E-state index contributed by atoms with van der Waals surface area (Å²) in [5.41, 5.74) is 1.34. The number of aromatic nitrogens is 3. The Morgan fingerprint density at radius 1 is 1.07 bits per heavy atom. The van der Waals surface area contributed by atoms with Crippen molar-refractivity contribution >= 4 is 29.9 Å². The van der Waals surface area contributed by atoms with Crippen molar-refractivity contribution in [1.82, 2.24) is 25.4 Å². The molecule has 2 aromatic rings. The lowest BCUT2D eigenvalue weighted by Crippen LogP contribution is -2.40. The highest BCUT2D eigenvalue weighted by molar-refractivity contribution is 14.0. The van der Waals surface area contributed by atoms with E-state index in [0.29, 0.717) is 0 Å². The molecule has 0 radical (unpaired) electrons. The van der Waals surface area contributed by atoms with Crippen molar-refractivity contribution in [1.29, 1.82) is 0 Å². The molecule has 0 bridgehead atoms. The van der Waals surface area contributed by atoms with Crippen molar-refractivity contribution in [3.05, 3.63) is 48.0 Å². The second-order valence-corrected chi connectivity index (χ2v) is 6.32. The molecular weight excluding hydrogens is 451 g/mol. The van der Waals surface area contributed by atoms with E-state index in [1.54, 1.807) is 6.33 Å². The first-order valence-electron chi connectivity index (χ1n) is 9.76. The number of guanidine groups is 1. The molecule has 27 heavy (non-hydrogen) atoms. The molecule has 6 nitrogen and oxygen atoms in total. The lowest BCUT2D eigenvalue weighted by Gasteiger charge is -2.13. The molecule has 0 aliphatic rings. The first kappa shape index (κ1) is 23.4. The Kier molecular flexibility index (Phi) is 12.5. The van der Waals surface area contributed by atoms with Crippen molar-refractivity contribution in [2.75, 3.05) is 19.6 Å². The summed E-state index contributed by atoms with van der Waals surface area (Å²) in [5, 5.41) is 15.0. The highest BCUT2D eigenvalue weighted by Gasteiger charge is 2.03. The van der Waals surface area contributed by atoms with Crippen molar-refractivity contribution in [3.63, 3.8) is 0 Å². The summed E-state index contributed by atoms with van der Waals surface area (Å²) in [6.45, 7) is 7.68. The van der Waals surface area contributed by atoms with Crippen molar-refractivity contribution in [3.8, 4) is 0 Å². The van der Waals surface area contributed by atoms with E-state index in [2.05, 4.69) is 69.6 Å². The summed E-state index contributed by atoms with van der Waals surface area (Å²) < 4.78 is 2.09. The minimum Gasteiger partial charge on any atom is -0.356 e. The van der Waals surface area contributed by atoms with Crippen molar-refractivity contribution in [2.24, 2.45) is 4.99 Å². The van der Waals surface area contributed by atoms with Crippen molar-refractivity contribution < 1.29 is 0 Å². The van der Waals surface area contributed by atoms with Gasteiger partial charge >= 0.3 is 0 Å². The summed E-state index contributed by atoms with van der Waals surface area (Å²) in [5.74, 6) is 1.91. The van der Waals surface area contributed by atoms with Gasteiger partial charge in [-0.3, -0.25) is 4.99 Å². The average Bonchev–Trinajstić information content (AvgIpc) is 3.13. The molecular formula is C20H33IN6. The predicted molar refractivity (Wildman–Crippen MR) is 123 cm³/mol. The number of aliphatic imine (C=N–C) groups is 1. The smallest absolute Gasteiger partial charge is 0.191 e. The van der Waals surface area contributed by atoms with Crippen LogP contribution < -0.4 is 10.6 Å². The monoisotopic (exact) mass is 484 g/mol. The first-order valence-corrected chi connectivity index (χ1v) is 9.76. The minimum absolute atomic E-state index is 0. The van der Waals surface area contributed by atoms with E-state index in [1.807, 2.05) is 0 Å². The lowest BCUT2D eigenvalue weighted by molar-refractivity contribution is 0.630. The Labute approximate surface area is 180 Å². The number of hydrogen-bond donors (Lipinski definition) is 2. The Hall–Kier alpha value is -1.64. The molecule has 0 atom stereocenters. The van der Waals surface area contributed by atoms with Crippen LogP contribution in [0.25, 0.3) is 0 Å². The number of nitrogens with one attached hydrogen (secondary N) is 2. The molecule has 0 unspecified atom stereocenters. The maximum Gasteiger partial charge on any atom is 0.191 e. The van der Waals surface area contributed by atoms with Gasteiger partial charge in [0.05, 0.1) is 0 Å². The van der Waals surface area contributed by atoms with Gasteiger partial charge in [-0.15, -0.1) is 34.2 Å². The molecule has 2 rings (SSSR count). The van der Waals surface area contributed by atoms with Crippen molar-refractivity contribution in [2.45, 2.75) is 52.5 Å². The molecule has 0 amide bonds. The van der Waals surface area contributed by atoms with Gasteiger partial charge in [-0.25, -0.2) is 0 Å². The van der Waals surface area contributed by atoms with Crippen LogP contribution >= 0.6 is 24.0 Å². The second kappa shape index (κ2) is 14.4. The van der Waals surface area contributed by atoms with Gasteiger partial charge in [0.25, 0.3) is 0 Å². The van der Waals surface area contributed by atoms with Gasteiger partial charge in [-0.2, -0.15) is 0 Å². The molecule has 0 spiro atoms. The van der Waals surface area contributed by atoms with Crippen LogP contribution in [0.5, 0.6) is 0 Å². The molecule has 1 heterocycles. The van der Waals surface area contributed by atoms with Crippen LogP contribution in [0.4, 0.5) is 0 Å². The van der Waals surface area contributed by atoms with Gasteiger partial charge in [-0.05, 0) is 18.4 Å². The second-order valence-electron chi connectivity index (χ2n) is 6.32. The number of unbranched alkanes of at least 4 members (excludes halogenated alkanes) is 2. The molecule has 0 fully saturated rings. The number of aryl methyl sites for hydroxylation is 1. The van der Waals surface area contributed by atoms with E-state index in [-0.39, 0.29) is 24.0 Å². The Balaban J connectivity index is 0.00000364. The molecule has 0 saturated carbocycles. The van der Waals surface area contributed by atoms with Crippen LogP contribution in [0.15, 0.2) is 41.7 Å². The Morgan fingerprint density at radius 2 is 1.85 bits per heavy atom. The van der Waals surface area contributed by atoms with E-state index in [1.165, 1.54) is 18.4 Å². The largest absolute Gasteiger partial charge is 0.356 e. The first-order chi connectivity index (χ1) is 12.8. The quantitative estimate of drug-likeness (QED) is 0.222. The zero-order valence-corrected chi connectivity index (χ0v) is 18.9. The summed E-state index contributed by atoms with van der Waals surface area (Å²) in [6.07, 6.45) is 7.25. The molecule has 0 saturated heterocycles. The zero-order valence-electron chi connectivity index (χ0n) is 16.5. The van der Waals surface area contributed by atoms with Gasteiger partial charge in [0.1, 0.15) is 12.2 Å². The third-order valence-electron chi connectivity index (χ3n) is 4.24. The summed E-state index contributed by atoms with van der Waals surface area (Å²) in [7, 11) is 0. The third-order valence-corrected chi connectivity index (χ3v) is 4.24. The SMILES string of the molecule is CCCCCN=C(NCCc1ccccc1)NCCn1cnnc1CC.I. The fourth-order valence-electron chi connectivity index (χ4n) is 2.73. The summed E-state index contributed by atoms with van der Waals surface area (Å²) in [6, 6.07) is 10.5. The summed E-state index contributed by atoms with van der Waals surface area (Å²) in [4.78, 5) is 4.71. The standard InChI is InChI=1S/C20H32N6.HI/c1-3-5-9-13-21-20(22-14-12-18-10-7-6-8-11-18)23-15-16-26-17-24-25-19(26)4-2;/h6-8,10-11,17H,3-5,9,12-16H2,1-2H3,(H2,21,22,23);1H. The normalized spacial score (nSPS) is 11.1. The van der Waals surface area contributed by atoms with Crippen LogP contribution in [0.3, 0.4) is 0 Å². The van der Waals surface area contributed by atoms with E-state index in [0.717, 1.165) is 57.2 Å². The van der Waals surface area contributed by atoms with Gasteiger partial charge in [0, 0.05) is 32.6 Å². The van der Waals surface area contributed by atoms with E-state index in [9.17, 15) is 0 Å². The minimum atomic E-state index is 0. The number of halogens is 1. The van der Waals surface area contributed by atoms with Gasteiger partial charge in [0.2, 0.25) is 0 Å². The van der Waals surface area contributed by atoms with E-state index in [4.69, 9.17) is 4.99 Å². The van der Waals surface area contributed by atoms with Gasteiger partial charge in [0.15, 0.2) is 5.96 Å². The molecule has 1 aromatic heterocycles. The predicted octanol–water partition coefficient (Wildman–Crippen LogP) is 3.43. The average molecular weight is 484 g/mol. The molecule has 7 heteroatoms. The maximum atomic E-state index is 4.71. The third kappa shape index (κ3) is 9.21. The number of benzene rings is 1. The maximum absolute atomic E-state index is 4.71. The lowest BCUT2D eigenvalue weighted by atomic mass is 10.1. The Bertz CT molecular complexity index is 641. The molecule has 0 aliphatic heterocycles. The van der Waals surface area contributed by atoms with Crippen LogP contribution in [-0.2, 0) is 19.4 Å². The van der Waals surface area contributed by atoms with Crippen LogP contribution in [-0.4, -0.2) is 40.4 Å². The fraction of sp³-hybridized carbons (Fsp3) is 0.550. The molecule has 0 aliphatic carbocycles. The van der Waals surface area contributed by atoms with Gasteiger partial charge < -0.3 is 15.2 Å². The summed E-state index contributed by atoms with van der Waals surface area (Å²) >= 11 is 0. The molecule has 150 valence electrons. The highest BCUT2D eigenvalue weighted by atomic mass is 127. The Morgan fingerprint density at radius 3 is 2.59 bits per heavy atom. The topological polar surface area (TPSA) is 67.1 Å². The highest BCUT2D eigenvalue weighted by Crippen LogP contribution is 1.99. The fourth-order valence-corrected chi connectivity index (χ4v) is 2.73. The van der Waals surface area contributed by atoms with Crippen LogP contribution in [0, 0.1) is 0 Å². The number of rotatable bonds is 11. The molecule has 1 aromatic carbocycles. The zero-order chi connectivity index (χ0) is 18.5. The van der Waals surface area contributed by atoms with Crippen LogP contribution in [0.1, 0.15) is 44.5 Å². The number of nitrogens with zero attached hydrogens (tertiary/aromatic N) is 4. The van der Waals surface area contributed by atoms with E-state index < -0.39 is 0 Å².